The molecule has 0 aromatic carbocycles. The van der Waals surface area contributed by atoms with Crippen LogP contribution in [0.15, 0.2) is 0 Å². The maximum atomic E-state index is 5.99. The number of rotatable bonds is 7. The second kappa shape index (κ2) is 6.72. The van der Waals surface area contributed by atoms with Gasteiger partial charge in [-0.3, -0.25) is 0 Å². The first-order valence-corrected chi connectivity index (χ1v) is 6.80. The van der Waals surface area contributed by atoms with E-state index in [1.54, 1.807) is 7.11 Å². The van der Waals surface area contributed by atoms with Crippen LogP contribution >= 0.6 is 0 Å². The van der Waals surface area contributed by atoms with Crippen LogP contribution in [-0.2, 0) is 9.47 Å². The van der Waals surface area contributed by atoms with Crippen molar-refractivity contribution in [2.75, 3.05) is 33.5 Å². The second-order valence-electron chi connectivity index (χ2n) is 6.22. The third kappa shape index (κ3) is 4.94. The van der Waals surface area contributed by atoms with Crippen molar-refractivity contribution in [3.8, 4) is 0 Å². The molecule has 0 aromatic rings. The van der Waals surface area contributed by atoms with Gasteiger partial charge in [0.05, 0.1) is 13.2 Å². The SMILES string of the molecule is COCCOCCC1(CN)CCC(C)(C)CC1. The summed E-state index contributed by atoms with van der Waals surface area (Å²) in [5.74, 6) is 0. The van der Waals surface area contributed by atoms with Crippen LogP contribution in [0.3, 0.4) is 0 Å². The molecule has 1 aliphatic carbocycles. The Morgan fingerprint density at radius 1 is 1.00 bits per heavy atom. The first kappa shape index (κ1) is 14.9. The molecule has 0 saturated heterocycles. The van der Waals surface area contributed by atoms with Crippen LogP contribution in [0, 0.1) is 10.8 Å². The molecule has 17 heavy (non-hydrogen) atoms. The average molecular weight is 243 g/mol. The molecule has 1 aliphatic rings. The lowest BCUT2D eigenvalue weighted by molar-refractivity contribution is 0.0303. The molecule has 0 heterocycles. The highest BCUT2D eigenvalue weighted by Crippen LogP contribution is 2.46. The largest absolute Gasteiger partial charge is 0.382 e. The predicted molar refractivity (Wildman–Crippen MR) is 71.0 cm³/mol. The second-order valence-corrected chi connectivity index (χ2v) is 6.22. The Hall–Kier alpha value is -0.120. The van der Waals surface area contributed by atoms with Crippen molar-refractivity contribution in [3.05, 3.63) is 0 Å². The van der Waals surface area contributed by atoms with Gasteiger partial charge in [0.25, 0.3) is 0 Å². The maximum Gasteiger partial charge on any atom is 0.0700 e. The zero-order chi connectivity index (χ0) is 12.8. The third-order valence-corrected chi connectivity index (χ3v) is 4.31. The highest BCUT2D eigenvalue weighted by molar-refractivity contribution is 4.89. The van der Waals surface area contributed by atoms with E-state index in [9.17, 15) is 0 Å². The van der Waals surface area contributed by atoms with Crippen LogP contribution in [0.2, 0.25) is 0 Å². The van der Waals surface area contributed by atoms with Crippen molar-refractivity contribution >= 4 is 0 Å². The predicted octanol–water partition coefficient (Wildman–Crippen LogP) is 2.58. The first-order chi connectivity index (χ1) is 8.04. The normalized spacial score (nSPS) is 22.6. The van der Waals surface area contributed by atoms with E-state index in [0.717, 1.165) is 19.6 Å². The Kier molecular flexibility index (Phi) is 5.90. The highest BCUT2D eigenvalue weighted by atomic mass is 16.5. The molecular weight excluding hydrogens is 214 g/mol. The van der Waals surface area contributed by atoms with Gasteiger partial charge in [0.1, 0.15) is 0 Å². The minimum Gasteiger partial charge on any atom is -0.382 e. The Bertz CT molecular complexity index is 206. The zero-order valence-electron chi connectivity index (χ0n) is 11.8. The molecule has 1 rings (SSSR count). The summed E-state index contributed by atoms with van der Waals surface area (Å²) in [7, 11) is 1.70. The fourth-order valence-corrected chi connectivity index (χ4v) is 2.55. The van der Waals surface area contributed by atoms with Crippen molar-refractivity contribution < 1.29 is 9.47 Å². The van der Waals surface area contributed by atoms with Gasteiger partial charge in [-0.2, -0.15) is 0 Å². The fraction of sp³-hybridized carbons (Fsp3) is 1.00. The number of hydrogen-bond acceptors (Lipinski definition) is 3. The van der Waals surface area contributed by atoms with Crippen molar-refractivity contribution in [2.24, 2.45) is 16.6 Å². The molecular formula is C14H29NO2. The van der Waals surface area contributed by atoms with Crippen molar-refractivity contribution in [1.82, 2.24) is 0 Å². The van der Waals surface area contributed by atoms with Crippen LogP contribution in [0.25, 0.3) is 0 Å². The summed E-state index contributed by atoms with van der Waals surface area (Å²) in [5, 5.41) is 0. The summed E-state index contributed by atoms with van der Waals surface area (Å²) in [6.45, 7) is 7.73. The minimum absolute atomic E-state index is 0.336. The van der Waals surface area contributed by atoms with Crippen molar-refractivity contribution in [3.63, 3.8) is 0 Å². The van der Waals surface area contributed by atoms with Gasteiger partial charge >= 0.3 is 0 Å². The maximum absolute atomic E-state index is 5.99. The number of hydrogen-bond donors (Lipinski definition) is 1. The summed E-state index contributed by atoms with van der Waals surface area (Å²) in [6, 6.07) is 0. The zero-order valence-corrected chi connectivity index (χ0v) is 11.8. The molecule has 3 nitrogen and oxygen atoms in total. The van der Waals surface area contributed by atoms with Gasteiger partial charge in [-0.15, -0.1) is 0 Å². The minimum atomic E-state index is 0.336. The van der Waals surface area contributed by atoms with Gasteiger partial charge in [0.2, 0.25) is 0 Å². The van der Waals surface area contributed by atoms with Crippen molar-refractivity contribution in [1.29, 1.82) is 0 Å². The number of nitrogens with two attached hydrogens (primary N) is 1. The van der Waals surface area contributed by atoms with E-state index < -0.39 is 0 Å². The summed E-state index contributed by atoms with van der Waals surface area (Å²) >= 11 is 0. The number of methoxy groups -OCH3 is 1. The lowest BCUT2D eigenvalue weighted by Crippen LogP contribution is -2.38. The molecule has 0 aliphatic heterocycles. The van der Waals surface area contributed by atoms with Gasteiger partial charge in [-0.05, 0) is 49.5 Å². The highest BCUT2D eigenvalue weighted by Gasteiger charge is 2.36. The topological polar surface area (TPSA) is 44.5 Å². The quantitative estimate of drug-likeness (QED) is 0.699. The Morgan fingerprint density at radius 2 is 1.65 bits per heavy atom. The molecule has 0 bridgehead atoms. The molecule has 102 valence electrons. The summed E-state index contributed by atoms with van der Waals surface area (Å²) in [5.41, 5.74) is 6.83. The lowest BCUT2D eigenvalue weighted by Gasteiger charge is -2.43. The van der Waals surface area contributed by atoms with E-state index in [-0.39, 0.29) is 0 Å². The van der Waals surface area contributed by atoms with Gasteiger partial charge in [0, 0.05) is 13.7 Å². The van der Waals surface area contributed by atoms with Gasteiger partial charge in [-0.1, -0.05) is 13.8 Å². The van der Waals surface area contributed by atoms with E-state index in [0.29, 0.717) is 24.0 Å². The molecule has 0 unspecified atom stereocenters. The monoisotopic (exact) mass is 243 g/mol. The Morgan fingerprint density at radius 3 is 2.18 bits per heavy atom. The van der Waals surface area contributed by atoms with Crippen LogP contribution in [0.4, 0.5) is 0 Å². The van der Waals surface area contributed by atoms with E-state index in [2.05, 4.69) is 13.8 Å². The summed E-state index contributed by atoms with van der Waals surface area (Å²) < 4.78 is 10.5. The Labute approximate surface area is 106 Å². The van der Waals surface area contributed by atoms with Crippen molar-refractivity contribution in [2.45, 2.75) is 46.0 Å². The standard InChI is InChI=1S/C14H29NO2/c1-13(2)4-6-14(12-15,7-5-13)8-9-17-11-10-16-3/h4-12,15H2,1-3H3. The summed E-state index contributed by atoms with van der Waals surface area (Å²) in [4.78, 5) is 0. The van der Waals surface area contributed by atoms with Crippen LogP contribution in [-0.4, -0.2) is 33.5 Å². The first-order valence-electron chi connectivity index (χ1n) is 6.80. The lowest BCUT2D eigenvalue weighted by atomic mass is 9.64. The van der Waals surface area contributed by atoms with E-state index in [4.69, 9.17) is 15.2 Å². The van der Waals surface area contributed by atoms with E-state index in [1.807, 2.05) is 0 Å². The van der Waals surface area contributed by atoms with E-state index in [1.165, 1.54) is 25.7 Å². The molecule has 3 heteroatoms. The summed E-state index contributed by atoms with van der Waals surface area (Å²) in [6.07, 6.45) is 6.20. The third-order valence-electron chi connectivity index (χ3n) is 4.31. The van der Waals surface area contributed by atoms with Crippen LogP contribution in [0.5, 0.6) is 0 Å². The molecule has 0 amide bonds. The Balaban J connectivity index is 2.27. The molecule has 0 spiro atoms. The number of ether oxygens (including phenoxy) is 2. The van der Waals surface area contributed by atoms with Gasteiger partial charge in [0.15, 0.2) is 0 Å². The smallest absolute Gasteiger partial charge is 0.0700 e. The molecule has 0 atom stereocenters. The van der Waals surface area contributed by atoms with Gasteiger partial charge in [-0.25, -0.2) is 0 Å². The molecule has 0 radical (unpaired) electrons. The molecule has 2 N–H and O–H groups in total. The molecule has 0 aromatic heterocycles. The van der Waals surface area contributed by atoms with Gasteiger partial charge < -0.3 is 15.2 Å². The molecule has 1 saturated carbocycles. The van der Waals surface area contributed by atoms with E-state index >= 15 is 0 Å². The average Bonchev–Trinajstić information content (AvgIpc) is 2.32. The van der Waals surface area contributed by atoms with Crippen LogP contribution in [0.1, 0.15) is 46.0 Å². The molecule has 1 fully saturated rings. The fourth-order valence-electron chi connectivity index (χ4n) is 2.55. The van der Waals surface area contributed by atoms with Crippen LogP contribution < -0.4 is 5.73 Å².